The number of guanidine groups is 1. The van der Waals surface area contributed by atoms with Crippen LogP contribution in [-0.2, 0) is 36.4 Å². The fourth-order valence-corrected chi connectivity index (χ4v) is 4.15. The summed E-state index contributed by atoms with van der Waals surface area (Å²) >= 11 is 0. The zero-order valence-electron chi connectivity index (χ0n) is 20.8. The summed E-state index contributed by atoms with van der Waals surface area (Å²) < 4.78 is 127. The van der Waals surface area contributed by atoms with Gasteiger partial charge in [-0.15, -0.1) is 5.10 Å². The van der Waals surface area contributed by atoms with E-state index in [-0.39, 0.29) is 17.5 Å². The third-order valence-electron chi connectivity index (χ3n) is 6.05. The van der Waals surface area contributed by atoms with Gasteiger partial charge in [0.1, 0.15) is 0 Å². The van der Waals surface area contributed by atoms with Crippen molar-refractivity contribution < 1.29 is 44.3 Å². The molecule has 4 N–H and O–H groups in total. The molecule has 0 saturated heterocycles. The van der Waals surface area contributed by atoms with Gasteiger partial charge in [-0.05, 0) is 65.8 Å². The van der Waals surface area contributed by atoms with Crippen LogP contribution in [0.2, 0.25) is 0 Å². The molecule has 1 unspecified atom stereocenters. The Morgan fingerprint density at radius 3 is 1.87 bits per heavy atom. The SMILES string of the molecule is COC(c1ccc(C(F)(F)F)cc1CN(Cc1cc(C(F)(F)F)cc(C(F)(F)F)c1)/C(N)=N/N(C)N)C1CC1. The number of hydrogen-bond acceptors (Lipinski definition) is 4. The summed E-state index contributed by atoms with van der Waals surface area (Å²) in [7, 11) is 2.64. The van der Waals surface area contributed by atoms with E-state index in [0.717, 1.165) is 35.0 Å². The number of hydrazone groups is 1. The Balaban J connectivity index is 2.12. The second-order valence-electron chi connectivity index (χ2n) is 9.21. The Kier molecular flexibility index (Phi) is 8.65. The molecule has 1 atom stereocenters. The van der Waals surface area contributed by atoms with Crippen LogP contribution >= 0.6 is 0 Å². The van der Waals surface area contributed by atoms with Gasteiger partial charge < -0.3 is 15.4 Å². The molecule has 0 radical (unpaired) electrons. The minimum Gasteiger partial charge on any atom is -0.376 e. The number of ether oxygens (including phenoxy) is 1. The molecule has 1 aliphatic rings. The smallest absolute Gasteiger partial charge is 0.376 e. The maximum Gasteiger partial charge on any atom is 0.416 e. The average Bonchev–Trinajstić information content (AvgIpc) is 3.62. The first-order chi connectivity index (χ1) is 17.9. The Labute approximate surface area is 218 Å². The molecule has 2 aromatic carbocycles. The fraction of sp³-hybridized carbons (Fsp3) is 0.458. The summed E-state index contributed by atoms with van der Waals surface area (Å²) in [5.74, 6) is 5.07. The first-order valence-corrected chi connectivity index (χ1v) is 11.5. The maximum absolute atomic E-state index is 13.6. The molecule has 3 rings (SSSR count). The van der Waals surface area contributed by atoms with E-state index in [1.807, 2.05) is 0 Å². The lowest BCUT2D eigenvalue weighted by atomic mass is 9.96. The third-order valence-corrected chi connectivity index (χ3v) is 6.05. The van der Waals surface area contributed by atoms with E-state index in [4.69, 9.17) is 16.3 Å². The summed E-state index contributed by atoms with van der Waals surface area (Å²) in [6, 6.07) is 3.97. The van der Waals surface area contributed by atoms with Crippen LogP contribution in [0, 0.1) is 5.92 Å². The third kappa shape index (κ3) is 7.91. The summed E-state index contributed by atoms with van der Waals surface area (Å²) in [6.07, 6.45) is -13.9. The molecule has 0 heterocycles. The molecule has 1 fully saturated rings. The molecule has 2 aromatic rings. The van der Waals surface area contributed by atoms with E-state index in [1.165, 1.54) is 20.2 Å². The van der Waals surface area contributed by atoms with Crippen molar-refractivity contribution in [3.8, 4) is 0 Å². The molecule has 15 heteroatoms. The normalized spacial score (nSPS) is 15.8. The average molecular weight is 571 g/mol. The number of nitrogens with two attached hydrogens (primary N) is 2. The standard InChI is InChI=1S/C24H26F9N5O/c1-37(35)36-21(34)38(11-13-7-17(23(28,29)30)10-18(8-13)24(31,32)33)12-15-9-16(22(25,26)27)5-6-19(15)20(39-2)14-3-4-14/h5-10,14,20H,3-4,11-12,35H2,1-2H3,(H2,34,36). The van der Waals surface area contributed by atoms with E-state index < -0.39 is 65.9 Å². The Morgan fingerprint density at radius 1 is 0.897 bits per heavy atom. The molecular formula is C24H26F9N5O. The number of halogens is 9. The van der Waals surface area contributed by atoms with Gasteiger partial charge in [0.2, 0.25) is 5.96 Å². The van der Waals surface area contributed by atoms with Gasteiger partial charge >= 0.3 is 18.5 Å². The monoisotopic (exact) mass is 571 g/mol. The van der Waals surface area contributed by atoms with Crippen LogP contribution in [0.4, 0.5) is 39.5 Å². The number of hydrazine groups is 1. The number of benzene rings is 2. The molecule has 39 heavy (non-hydrogen) atoms. The molecule has 0 amide bonds. The number of methoxy groups -OCH3 is 1. The molecule has 1 aliphatic carbocycles. The second kappa shape index (κ2) is 11.1. The van der Waals surface area contributed by atoms with Gasteiger partial charge in [-0.1, -0.05) is 6.07 Å². The Morgan fingerprint density at radius 2 is 1.44 bits per heavy atom. The maximum atomic E-state index is 13.6. The van der Waals surface area contributed by atoms with E-state index in [1.54, 1.807) is 0 Å². The van der Waals surface area contributed by atoms with Gasteiger partial charge in [-0.2, -0.15) is 39.5 Å². The van der Waals surface area contributed by atoms with Crippen LogP contribution in [-0.4, -0.2) is 30.1 Å². The zero-order chi connectivity index (χ0) is 29.3. The first kappa shape index (κ1) is 30.3. The summed E-state index contributed by atoms with van der Waals surface area (Å²) in [6.45, 7) is -1.11. The van der Waals surface area contributed by atoms with Gasteiger partial charge in [0.15, 0.2) is 0 Å². The first-order valence-electron chi connectivity index (χ1n) is 11.5. The molecule has 1 saturated carbocycles. The number of hydrogen-bond donors (Lipinski definition) is 2. The predicted molar refractivity (Wildman–Crippen MR) is 123 cm³/mol. The van der Waals surface area contributed by atoms with Gasteiger partial charge in [0, 0.05) is 27.2 Å². The summed E-state index contributed by atoms with van der Waals surface area (Å²) in [5, 5.41) is 4.50. The van der Waals surface area contributed by atoms with Gasteiger partial charge in [-0.3, -0.25) is 0 Å². The van der Waals surface area contributed by atoms with Crippen LogP contribution in [0.1, 0.15) is 52.3 Å². The molecule has 0 spiro atoms. The minimum atomic E-state index is -5.10. The molecule has 0 aliphatic heterocycles. The van der Waals surface area contributed by atoms with E-state index in [9.17, 15) is 39.5 Å². The molecule has 6 nitrogen and oxygen atoms in total. The van der Waals surface area contributed by atoms with E-state index in [0.29, 0.717) is 17.7 Å². The van der Waals surface area contributed by atoms with Crippen LogP contribution in [0.25, 0.3) is 0 Å². The number of alkyl halides is 9. The van der Waals surface area contributed by atoms with Crippen LogP contribution < -0.4 is 11.6 Å². The second-order valence-corrected chi connectivity index (χ2v) is 9.21. The van der Waals surface area contributed by atoms with Crippen molar-refractivity contribution in [3.63, 3.8) is 0 Å². The van der Waals surface area contributed by atoms with Crippen molar-refractivity contribution in [3.05, 3.63) is 69.8 Å². The zero-order valence-corrected chi connectivity index (χ0v) is 20.8. The largest absolute Gasteiger partial charge is 0.416 e. The topological polar surface area (TPSA) is 80.1 Å². The lowest BCUT2D eigenvalue weighted by molar-refractivity contribution is -0.143. The van der Waals surface area contributed by atoms with Crippen molar-refractivity contribution >= 4 is 5.96 Å². The van der Waals surface area contributed by atoms with Crippen LogP contribution in [0.5, 0.6) is 0 Å². The van der Waals surface area contributed by atoms with Crippen molar-refractivity contribution in [2.45, 2.75) is 50.6 Å². The Hall–Kier alpha value is -3.20. The van der Waals surface area contributed by atoms with Crippen molar-refractivity contribution in [1.82, 2.24) is 10.0 Å². The minimum absolute atomic E-state index is 0.0251. The highest BCUT2D eigenvalue weighted by Crippen LogP contribution is 2.45. The number of nitrogens with zero attached hydrogens (tertiary/aromatic N) is 3. The van der Waals surface area contributed by atoms with Crippen LogP contribution in [0.15, 0.2) is 41.5 Å². The predicted octanol–water partition coefficient (Wildman–Crippen LogP) is 5.88. The van der Waals surface area contributed by atoms with Gasteiger partial charge in [0.05, 0.1) is 22.8 Å². The van der Waals surface area contributed by atoms with Crippen molar-refractivity contribution in [2.75, 3.05) is 14.2 Å². The highest BCUT2D eigenvalue weighted by Gasteiger charge is 2.38. The van der Waals surface area contributed by atoms with Crippen LogP contribution in [0.3, 0.4) is 0 Å². The van der Waals surface area contributed by atoms with Crippen molar-refractivity contribution in [2.24, 2.45) is 22.6 Å². The van der Waals surface area contributed by atoms with Gasteiger partial charge in [0.25, 0.3) is 0 Å². The highest BCUT2D eigenvalue weighted by molar-refractivity contribution is 5.77. The van der Waals surface area contributed by atoms with E-state index in [2.05, 4.69) is 5.10 Å². The van der Waals surface area contributed by atoms with Crippen molar-refractivity contribution in [1.29, 1.82) is 0 Å². The Bertz CT molecular complexity index is 1160. The fourth-order valence-electron chi connectivity index (χ4n) is 4.15. The number of rotatable bonds is 8. The molecular weight excluding hydrogens is 545 g/mol. The molecule has 0 bridgehead atoms. The lowest BCUT2D eigenvalue weighted by Crippen LogP contribution is -2.39. The van der Waals surface area contributed by atoms with Gasteiger partial charge in [-0.25, -0.2) is 11.0 Å². The summed E-state index contributed by atoms with van der Waals surface area (Å²) in [5.41, 5.74) is 1.86. The molecule has 216 valence electrons. The van der Waals surface area contributed by atoms with E-state index >= 15 is 0 Å². The highest BCUT2D eigenvalue weighted by atomic mass is 19.4. The quantitative estimate of drug-likeness (QED) is 0.136. The molecule has 0 aromatic heterocycles. The summed E-state index contributed by atoms with van der Waals surface area (Å²) in [4.78, 5) is 1.04. The lowest BCUT2D eigenvalue weighted by Gasteiger charge is -2.28.